The molecule has 0 bridgehead atoms. The highest BCUT2D eigenvalue weighted by molar-refractivity contribution is 5.98. The normalized spacial score (nSPS) is 18.5. The number of halogens is 1. The number of benzene rings is 2. The molecule has 1 amide bonds. The van der Waals surface area contributed by atoms with E-state index in [1.165, 1.54) is 24.1 Å². The molecular formula is C22H22FNO5. The summed E-state index contributed by atoms with van der Waals surface area (Å²) in [5, 5.41) is 9.54. The molecular weight excluding hydrogens is 377 g/mol. The van der Waals surface area contributed by atoms with Crippen molar-refractivity contribution in [2.45, 2.75) is 18.8 Å². The molecule has 0 radical (unpaired) electrons. The van der Waals surface area contributed by atoms with E-state index >= 15 is 0 Å². The van der Waals surface area contributed by atoms with Crippen LogP contribution in [0.3, 0.4) is 0 Å². The highest BCUT2D eigenvalue weighted by Crippen LogP contribution is 2.33. The molecule has 2 aromatic rings. The number of ketones is 1. The summed E-state index contributed by atoms with van der Waals surface area (Å²) in [6.07, 6.45) is -0.130. The molecule has 3 rings (SSSR count). The highest BCUT2D eigenvalue weighted by Gasteiger charge is 2.40. The first kappa shape index (κ1) is 20.5. The maximum Gasteiger partial charge on any atom is 0.308 e. The van der Waals surface area contributed by atoms with E-state index in [9.17, 15) is 23.9 Å². The van der Waals surface area contributed by atoms with E-state index in [1.807, 2.05) is 30.3 Å². The number of hydrogen-bond acceptors (Lipinski definition) is 4. The Hall–Kier alpha value is -3.22. The number of likely N-dealkylation sites (tertiary alicyclic amines) is 1. The fourth-order valence-electron chi connectivity index (χ4n) is 3.66. The molecule has 1 saturated heterocycles. The van der Waals surface area contributed by atoms with E-state index in [4.69, 9.17) is 4.74 Å². The number of Topliss-reactive ketones (excluding diaryl/α,β-unsaturated/α-hetero) is 1. The van der Waals surface area contributed by atoms with E-state index in [2.05, 4.69) is 0 Å². The average molecular weight is 399 g/mol. The number of carbonyl (C=O) groups is 3. The quantitative estimate of drug-likeness (QED) is 0.724. The molecule has 0 aromatic heterocycles. The third kappa shape index (κ3) is 4.62. The van der Waals surface area contributed by atoms with Crippen LogP contribution in [-0.4, -0.2) is 47.9 Å². The number of aliphatic carboxylic acids is 1. The minimum Gasteiger partial charge on any atom is -0.494 e. The van der Waals surface area contributed by atoms with Crippen LogP contribution < -0.4 is 4.74 Å². The second-order valence-corrected chi connectivity index (χ2v) is 7.03. The molecule has 0 aliphatic carbocycles. The molecule has 152 valence electrons. The van der Waals surface area contributed by atoms with Gasteiger partial charge in [-0.25, -0.2) is 4.39 Å². The standard InChI is InChI=1S/C22H22FNO5/c1-29-20-9-7-15(11-18(20)23)19(25)8-10-21(26)24-12-16(17(13-24)22(27)28)14-5-3-2-4-6-14/h2-7,9,11,16-17H,8,10,12-13H2,1H3,(H,27,28). The number of carbonyl (C=O) groups excluding carboxylic acids is 2. The second kappa shape index (κ2) is 8.86. The highest BCUT2D eigenvalue weighted by atomic mass is 19.1. The molecule has 2 aromatic carbocycles. The van der Waals surface area contributed by atoms with Gasteiger partial charge >= 0.3 is 5.97 Å². The Morgan fingerprint density at radius 2 is 1.83 bits per heavy atom. The van der Waals surface area contributed by atoms with Crippen LogP contribution in [0.4, 0.5) is 4.39 Å². The first-order valence-electron chi connectivity index (χ1n) is 9.33. The summed E-state index contributed by atoms with van der Waals surface area (Å²) in [6, 6.07) is 13.2. The molecule has 0 saturated carbocycles. The van der Waals surface area contributed by atoms with E-state index < -0.39 is 17.7 Å². The van der Waals surface area contributed by atoms with E-state index in [0.29, 0.717) is 6.54 Å². The third-order valence-electron chi connectivity index (χ3n) is 5.26. The number of methoxy groups -OCH3 is 1. The molecule has 1 aliphatic heterocycles. The van der Waals surface area contributed by atoms with Crippen LogP contribution in [0.2, 0.25) is 0 Å². The lowest BCUT2D eigenvalue weighted by Crippen LogP contribution is -2.30. The van der Waals surface area contributed by atoms with E-state index in [0.717, 1.165) is 11.6 Å². The molecule has 1 aliphatic rings. The zero-order chi connectivity index (χ0) is 21.0. The van der Waals surface area contributed by atoms with Crippen LogP contribution in [0.5, 0.6) is 5.75 Å². The van der Waals surface area contributed by atoms with Crippen molar-refractivity contribution in [3.63, 3.8) is 0 Å². The molecule has 1 heterocycles. The Kier molecular flexibility index (Phi) is 6.26. The number of rotatable bonds is 7. The maximum atomic E-state index is 13.8. The molecule has 0 spiro atoms. The van der Waals surface area contributed by atoms with Crippen molar-refractivity contribution in [3.8, 4) is 5.75 Å². The second-order valence-electron chi connectivity index (χ2n) is 7.03. The van der Waals surface area contributed by atoms with Gasteiger partial charge in [0.2, 0.25) is 5.91 Å². The minimum atomic E-state index is -0.945. The first-order valence-corrected chi connectivity index (χ1v) is 9.33. The summed E-state index contributed by atoms with van der Waals surface area (Å²) in [6.45, 7) is 0.407. The minimum absolute atomic E-state index is 0.0429. The molecule has 6 nitrogen and oxygen atoms in total. The Balaban J connectivity index is 1.62. The van der Waals surface area contributed by atoms with Crippen LogP contribution in [-0.2, 0) is 9.59 Å². The van der Waals surface area contributed by atoms with Gasteiger partial charge in [0.1, 0.15) is 0 Å². The number of amides is 1. The number of carboxylic acids is 1. The molecule has 1 fully saturated rings. The van der Waals surface area contributed by atoms with Crippen molar-refractivity contribution in [2.75, 3.05) is 20.2 Å². The van der Waals surface area contributed by atoms with Crippen LogP contribution in [0.1, 0.15) is 34.7 Å². The zero-order valence-corrected chi connectivity index (χ0v) is 16.0. The van der Waals surface area contributed by atoms with Gasteiger partial charge in [-0.05, 0) is 23.8 Å². The molecule has 2 unspecified atom stereocenters. The summed E-state index contributed by atoms with van der Waals surface area (Å²) < 4.78 is 18.6. The summed E-state index contributed by atoms with van der Waals surface area (Å²) in [5.74, 6) is -3.15. The molecule has 29 heavy (non-hydrogen) atoms. The predicted octanol–water partition coefficient (Wildman–Crippen LogP) is 3.12. The Bertz CT molecular complexity index is 915. The van der Waals surface area contributed by atoms with Crippen molar-refractivity contribution < 1.29 is 28.6 Å². The topological polar surface area (TPSA) is 83.9 Å². The molecule has 1 N–H and O–H groups in total. The molecule has 7 heteroatoms. The number of nitrogens with zero attached hydrogens (tertiary/aromatic N) is 1. The van der Waals surface area contributed by atoms with Gasteiger partial charge in [-0.15, -0.1) is 0 Å². The Morgan fingerprint density at radius 1 is 1.10 bits per heavy atom. The Morgan fingerprint density at radius 3 is 2.45 bits per heavy atom. The van der Waals surface area contributed by atoms with Crippen LogP contribution in [0.25, 0.3) is 0 Å². The monoisotopic (exact) mass is 399 g/mol. The van der Waals surface area contributed by atoms with Crippen LogP contribution in [0, 0.1) is 11.7 Å². The fraction of sp³-hybridized carbons (Fsp3) is 0.318. The zero-order valence-electron chi connectivity index (χ0n) is 16.0. The van der Waals surface area contributed by atoms with Gasteiger partial charge in [-0.3, -0.25) is 14.4 Å². The van der Waals surface area contributed by atoms with Crippen LogP contribution in [0.15, 0.2) is 48.5 Å². The SMILES string of the molecule is COc1ccc(C(=O)CCC(=O)N2CC(C(=O)O)C(c3ccccc3)C2)cc1F. The van der Waals surface area contributed by atoms with Crippen molar-refractivity contribution in [2.24, 2.45) is 5.92 Å². The lowest BCUT2D eigenvalue weighted by molar-refractivity contribution is -0.141. The number of hydrogen-bond donors (Lipinski definition) is 1. The van der Waals surface area contributed by atoms with Gasteiger partial charge in [0, 0.05) is 37.4 Å². The number of ether oxygens (including phenoxy) is 1. The van der Waals surface area contributed by atoms with Crippen molar-refractivity contribution in [1.82, 2.24) is 4.90 Å². The maximum absolute atomic E-state index is 13.8. The largest absolute Gasteiger partial charge is 0.494 e. The summed E-state index contributed by atoms with van der Waals surface area (Å²) >= 11 is 0. The number of carboxylic acid groups (broad SMARTS) is 1. The third-order valence-corrected chi connectivity index (χ3v) is 5.26. The summed E-state index contributed by atoms with van der Waals surface area (Å²) in [5.41, 5.74) is 1.04. The van der Waals surface area contributed by atoms with Gasteiger partial charge in [-0.2, -0.15) is 0 Å². The van der Waals surface area contributed by atoms with Gasteiger partial charge in [0.25, 0.3) is 0 Å². The van der Waals surface area contributed by atoms with Crippen molar-refractivity contribution in [1.29, 1.82) is 0 Å². The van der Waals surface area contributed by atoms with Crippen LogP contribution >= 0.6 is 0 Å². The van der Waals surface area contributed by atoms with Crippen molar-refractivity contribution in [3.05, 3.63) is 65.5 Å². The van der Waals surface area contributed by atoms with Gasteiger partial charge in [0.05, 0.1) is 13.0 Å². The Labute approximate surface area is 167 Å². The van der Waals surface area contributed by atoms with Gasteiger partial charge in [0.15, 0.2) is 17.3 Å². The average Bonchev–Trinajstić information content (AvgIpc) is 3.18. The van der Waals surface area contributed by atoms with E-state index in [-0.39, 0.29) is 48.3 Å². The lowest BCUT2D eigenvalue weighted by Gasteiger charge is -2.16. The fourth-order valence-corrected chi connectivity index (χ4v) is 3.66. The smallest absolute Gasteiger partial charge is 0.308 e. The first-order chi connectivity index (χ1) is 13.9. The van der Waals surface area contributed by atoms with Gasteiger partial charge in [-0.1, -0.05) is 30.3 Å². The predicted molar refractivity (Wildman–Crippen MR) is 103 cm³/mol. The summed E-state index contributed by atoms with van der Waals surface area (Å²) in [7, 11) is 1.34. The van der Waals surface area contributed by atoms with Gasteiger partial charge < -0.3 is 14.7 Å². The molecule has 2 atom stereocenters. The summed E-state index contributed by atoms with van der Waals surface area (Å²) in [4.78, 5) is 38.0. The van der Waals surface area contributed by atoms with E-state index in [1.54, 1.807) is 0 Å². The lowest BCUT2D eigenvalue weighted by atomic mass is 9.89. The van der Waals surface area contributed by atoms with Crippen molar-refractivity contribution >= 4 is 17.7 Å².